The smallest absolute Gasteiger partial charge is 0.131 e. The summed E-state index contributed by atoms with van der Waals surface area (Å²) in [7, 11) is 0. The topological polar surface area (TPSA) is 0 Å². The van der Waals surface area contributed by atoms with Gasteiger partial charge in [0.25, 0.3) is 0 Å². The summed E-state index contributed by atoms with van der Waals surface area (Å²) in [5.74, 6) is -0.175. The van der Waals surface area contributed by atoms with Crippen molar-refractivity contribution in [2.75, 3.05) is 0 Å². The van der Waals surface area contributed by atoms with E-state index in [2.05, 4.69) is 44.2 Å². The molecule has 0 aromatic heterocycles. The zero-order valence-electron chi connectivity index (χ0n) is 15.1. The van der Waals surface area contributed by atoms with Crippen LogP contribution in [0.1, 0.15) is 37.3 Å². The second-order valence-electron chi connectivity index (χ2n) is 6.63. The minimum absolute atomic E-state index is 0.175. The first kappa shape index (κ1) is 17.4. The highest BCUT2D eigenvalue weighted by Crippen LogP contribution is 2.36. The van der Waals surface area contributed by atoms with Gasteiger partial charge < -0.3 is 0 Å². The van der Waals surface area contributed by atoms with E-state index in [1.54, 1.807) is 6.07 Å². The molecule has 0 atom stereocenters. The van der Waals surface area contributed by atoms with Crippen molar-refractivity contribution in [3.63, 3.8) is 0 Å². The maximum Gasteiger partial charge on any atom is 0.131 e. The SMILES string of the molecule is CCCCCc1ccc(-c2c(C)cccc2-c2ccccc2F)cc1. The van der Waals surface area contributed by atoms with Gasteiger partial charge in [-0.1, -0.05) is 80.4 Å². The minimum atomic E-state index is -0.175. The van der Waals surface area contributed by atoms with Crippen molar-refractivity contribution >= 4 is 0 Å². The molecule has 0 spiro atoms. The first-order chi connectivity index (χ1) is 12.2. The Kier molecular flexibility index (Phi) is 5.65. The van der Waals surface area contributed by atoms with Gasteiger partial charge >= 0.3 is 0 Å². The zero-order valence-corrected chi connectivity index (χ0v) is 15.1. The molecule has 128 valence electrons. The van der Waals surface area contributed by atoms with E-state index in [0.29, 0.717) is 5.56 Å². The lowest BCUT2D eigenvalue weighted by Gasteiger charge is -2.14. The summed E-state index contributed by atoms with van der Waals surface area (Å²) in [4.78, 5) is 0. The normalized spacial score (nSPS) is 10.8. The predicted octanol–water partition coefficient (Wildman–Crippen LogP) is 7.20. The summed E-state index contributed by atoms with van der Waals surface area (Å²) in [5.41, 5.74) is 6.42. The molecule has 0 amide bonds. The largest absolute Gasteiger partial charge is 0.206 e. The lowest BCUT2D eigenvalue weighted by atomic mass is 9.90. The fraction of sp³-hybridized carbons (Fsp3) is 0.250. The van der Waals surface area contributed by atoms with E-state index in [4.69, 9.17) is 0 Å². The third-order valence-electron chi connectivity index (χ3n) is 4.75. The highest BCUT2D eigenvalue weighted by atomic mass is 19.1. The Balaban J connectivity index is 1.99. The molecule has 3 aromatic carbocycles. The summed E-state index contributed by atoms with van der Waals surface area (Å²) < 4.78 is 14.3. The van der Waals surface area contributed by atoms with E-state index in [1.165, 1.54) is 36.5 Å². The van der Waals surface area contributed by atoms with Gasteiger partial charge in [-0.25, -0.2) is 4.39 Å². The lowest BCUT2D eigenvalue weighted by molar-refractivity contribution is 0.631. The molecule has 0 aliphatic rings. The van der Waals surface area contributed by atoms with Crippen LogP contribution in [-0.2, 0) is 6.42 Å². The van der Waals surface area contributed by atoms with Crippen LogP contribution in [0.3, 0.4) is 0 Å². The Bertz CT molecular complexity index is 831. The third kappa shape index (κ3) is 3.99. The van der Waals surface area contributed by atoms with Gasteiger partial charge in [-0.05, 0) is 53.6 Å². The predicted molar refractivity (Wildman–Crippen MR) is 105 cm³/mol. The van der Waals surface area contributed by atoms with Crippen molar-refractivity contribution in [1.82, 2.24) is 0 Å². The Morgan fingerprint density at radius 3 is 2.20 bits per heavy atom. The second-order valence-corrected chi connectivity index (χ2v) is 6.63. The Hall–Kier alpha value is -2.41. The third-order valence-corrected chi connectivity index (χ3v) is 4.75. The van der Waals surface area contributed by atoms with Crippen LogP contribution in [0.15, 0.2) is 66.7 Å². The summed E-state index contributed by atoms with van der Waals surface area (Å²) in [6.45, 7) is 4.32. The number of hydrogen-bond donors (Lipinski definition) is 0. The molecule has 0 heterocycles. The monoisotopic (exact) mass is 332 g/mol. The molecule has 3 rings (SSSR count). The van der Waals surface area contributed by atoms with Gasteiger partial charge in [0.15, 0.2) is 0 Å². The van der Waals surface area contributed by atoms with Crippen LogP contribution in [0.5, 0.6) is 0 Å². The van der Waals surface area contributed by atoms with Gasteiger partial charge in [0, 0.05) is 5.56 Å². The fourth-order valence-electron chi connectivity index (χ4n) is 3.37. The van der Waals surface area contributed by atoms with Crippen molar-refractivity contribution in [2.45, 2.75) is 39.5 Å². The van der Waals surface area contributed by atoms with E-state index in [9.17, 15) is 4.39 Å². The Morgan fingerprint density at radius 1 is 0.760 bits per heavy atom. The first-order valence-corrected chi connectivity index (χ1v) is 9.14. The lowest BCUT2D eigenvalue weighted by Crippen LogP contribution is -1.92. The highest BCUT2D eigenvalue weighted by molar-refractivity contribution is 5.85. The van der Waals surface area contributed by atoms with Crippen LogP contribution in [0.4, 0.5) is 4.39 Å². The molecule has 1 heteroatoms. The number of rotatable bonds is 6. The minimum Gasteiger partial charge on any atom is -0.206 e. The first-order valence-electron chi connectivity index (χ1n) is 9.14. The van der Waals surface area contributed by atoms with E-state index in [1.807, 2.05) is 24.3 Å². The molecule has 0 bridgehead atoms. The van der Waals surface area contributed by atoms with Gasteiger partial charge in [-0.2, -0.15) is 0 Å². The van der Waals surface area contributed by atoms with Gasteiger partial charge in [0.2, 0.25) is 0 Å². The van der Waals surface area contributed by atoms with Crippen molar-refractivity contribution in [3.05, 3.63) is 83.7 Å². The maximum atomic E-state index is 14.3. The zero-order chi connectivity index (χ0) is 17.6. The molecule has 0 aliphatic heterocycles. The number of aryl methyl sites for hydroxylation is 2. The van der Waals surface area contributed by atoms with Crippen molar-refractivity contribution < 1.29 is 4.39 Å². The Labute approximate surface area is 150 Å². The fourth-order valence-corrected chi connectivity index (χ4v) is 3.37. The quantitative estimate of drug-likeness (QED) is 0.419. The van der Waals surface area contributed by atoms with Crippen molar-refractivity contribution in [2.24, 2.45) is 0 Å². The molecule has 25 heavy (non-hydrogen) atoms. The summed E-state index contributed by atoms with van der Waals surface area (Å²) in [6, 6.07) is 21.9. The molecular formula is C24H25F. The average molecular weight is 332 g/mol. The van der Waals surface area contributed by atoms with E-state index in [-0.39, 0.29) is 5.82 Å². The van der Waals surface area contributed by atoms with Crippen molar-refractivity contribution in [3.8, 4) is 22.3 Å². The van der Waals surface area contributed by atoms with Crippen LogP contribution < -0.4 is 0 Å². The van der Waals surface area contributed by atoms with Gasteiger partial charge in [-0.15, -0.1) is 0 Å². The van der Waals surface area contributed by atoms with Crippen LogP contribution in [-0.4, -0.2) is 0 Å². The van der Waals surface area contributed by atoms with E-state index < -0.39 is 0 Å². The molecular weight excluding hydrogens is 307 g/mol. The number of hydrogen-bond acceptors (Lipinski definition) is 0. The van der Waals surface area contributed by atoms with E-state index in [0.717, 1.165) is 23.1 Å². The second kappa shape index (κ2) is 8.11. The Morgan fingerprint density at radius 2 is 1.48 bits per heavy atom. The number of unbranched alkanes of at least 4 members (excludes halogenated alkanes) is 2. The standard InChI is InChI=1S/C24H25F/c1-3-4-5-10-19-14-16-20(17-15-19)24-18(2)9-8-12-22(24)21-11-6-7-13-23(21)25/h6-9,11-17H,3-5,10H2,1-2H3. The molecule has 0 N–H and O–H groups in total. The molecule has 0 saturated heterocycles. The molecule has 0 unspecified atom stereocenters. The number of benzene rings is 3. The summed E-state index contributed by atoms with van der Waals surface area (Å²) in [5, 5.41) is 0. The molecule has 0 radical (unpaired) electrons. The van der Waals surface area contributed by atoms with Crippen LogP contribution in [0, 0.1) is 12.7 Å². The van der Waals surface area contributed by atoms with Crippen LogP contribution >= 0.6 is 0 Å². The molecule has 0 nitrogen and oxygen atoms in total. The van der Waals surface area contributed by atoms with Gasteiger partial charge in [0.1, 0.15) is 5.82 Å². The summed E-state index contributed by atoms with van der Waals surface area (Å²) in [6.07, 6.45) is 4.88. The van der Waals surface area contributed by atoms with Gasteiger partial charge in [0.05, 0.1) is 0 Å². The summed E-state index contributed by atoms with van der Waals surface area (Å²) >= 11 is 0. The molecule has 0 aliphatic carbocycles. The molecule has 3 aromatic rings. The maximum absolute atomic E-state index is 14.3. The molecule has 0 fully saturated rings. The van der Waals surface area contributed by atoms with E-state index >= 15 is 0 Å². The van der Waals surface area contributed by atoms with Crippen molar-refractivity contribution in [1.29, 1.82) is 0 Å². The highest BCUT2D eigenvalue weighted by Gasteiger charge is 2.13. The number of halogens is 1. The average Bonchev–Trinajstić information content (AvgIpc) is 2.63. The molecule has 0 saturated carbocycles. The van der Waals surface area contributed by atoms with Crippen LogP contribution in [0.25, 0.3) is 22.3 Å². The van der Waals surface area contributed by atoms with Gasteiger partial charge in [-0.3, -0.25) is 0 Å². The van der Waals surface area contributed by atoms with Crippen LogP contribution in [0.2, 0.25) is 0 Å².